The van der Waals surface area contributed by atoms with Gasteiger partial charge in [-0.2, -0.15) is 13.2 Å². The molecule has 116 valence electrons. The first-order valence-electron chi connectivity index (χ1n) is 5.83. The third-order valence-corrected chi connectivity index (χ3v) is 3.01. The van der Waals surface area contributed by atoms with Gasteiger partial charge >= 0.3 is 6.18 Å². The lowest BCUT2D eigenvalue weighted by atomic mass is 9.96. The number of nitrogens with zero attached hydrogens (tertiary/aromatic N) is 2. The maximum Gasteiger partial charge on any atom is 0.417 e. The molecule has 0 bridgehead atoms. The molecule has 0 unspecified atom stereocenters. The molecule has 0 aliphatic carbocycles. The Hall–Kier alpha value is -2.35. The number of halogens is 4. The molecule has 1 aromatic heterocycles. The zero-order valence-electron chi connectivity index (χ0n) is 11.1. The number of methoxy groups -OCH3 is 1. The van der Waals surface area contributed by atoms with E-state index in [1.165, 1.54) is 19.2 Å². The molecule has 0 atom stereocenters. The lowest BCUT2D eigenvalue weighted by molar-refractivity contribution is -0.137. The summed E-state index contributed by atoms with van der Waals surface area (Å²) < 4.78 is 44.7. The summed E-state index contributed by atoms with van der Waals surface area (Å²) in [5.41, 5.74) is 2.98. The van der Waals surface area contributed by atoms with Crippen LogP contribution in [-0.2, 0) is 6.18 Å². The minimum Gasteiger partial charge on any atom is -0.494 e. The highest BCUT2D eigenvalue weighted by Gasteiger charge is 2.36. The van der Waals surface area contributed by atoms with Crippen LogP contribution in [0, 0.1) is 0 Å². The van der Waals surface area contributed by atoms with Gasteiger partial charge in [0.1, 0.15) is 11.4 Å². The van der Waals surface area contributed by atoms with Gasteiger partial charge in [0.15, 0.2) is 5.15 Å². The van der Waals surface area contributed by atoms with Crippen LogP contribution in [-0.4, -0.2) is 23.2 Å². The van der Waals surface area contributed by atoms with E-state index in [1.807, 2.05) is 0 Å². The van der Waals surface area contributed by atoms with Crippen LogP contribution in [0.1, 0.15) is 15.9 Å². The topological polar surface area (TPSA) is 78.1 Å². The number of carbonyl (C=O) groups excluding carboxylic acids is 1. The van der Waals surface area contributed by atoms with E-state index < -0.39 is 23.2 Å². The number of carbonyl (C=O) groups is 1. The zero-order chi connectivity index (χ0) is 16.5. The Morgan fingerprint density at radius 2 is 2.00 bits per heavy atom. The lowest BCUT2D eigenvalue weighted by Gasteiger charge is -2.16. The van der Waals surface area contributed by atoms with E-state index in [4.69, 9.17) is 22.1 Å². The Morgan fingerprint density at radius 3 is 2.55 bits per heavy atom. The van der Waals surface area contributed by atoms with Crippen molar-refractivity contribution in [2.24, 2.45) is 5.73 Å². The Bertz CT molecular complexity index is 735. The van der Waals surface area contributed by atoms with Gasteiger partial charge in [-0.05, 0) is 12.1 Å². The molecule has 0 saturated heterocycles. The third kappa shape index (κ3) is 2.96. The molecule has 22 heavy (non-hydrogen) atoms. The molecule has 0 radical (unpaired) electrons. The number of nitrogens with two attached hydrogens (primary N) is 1. The summed E-state index contributed by atoms with van der Waals surface area (Å²) in [4.78, 5) is 11.5. The fourth-order valence-electron chi connectivity index (χ4n) is 1.93. The van der Waals surface area contributed by atoms with Crippen LogP contribution >= 0.6 is 11.6 Å². The van der Waals surface area contributed by atoms with Gasteiger partial charge in [0.05, 0.1) is 12.7 Å². The van der Waals surface area contributed by atoms with Gasteiger partial charge in [0.2, 0.25) is 5.91 Å². The average Bonchev–Trinajstić information content (AvgIpc) is 2.45. The number of ether oxygens (including phenoxy) is 1. The standard InChI is InChI=1S/C13H9ClF3N3O2/c1-22-8-5-9(14)19-20-11(8)10-6(12(18)21)3-2-4-7(10)13(15,16)17/h2-5H,1H3,(H2,18,21). The molecular formula is C13H9ClF3N3O2. The number of aromatic nitrogens is 2. The lowest BCUT2D eigenvalue weighted by Crippen LogP contribution is -2.17. The SMILES string of the molecule is COc1cc(Cl)nnc1-c1c(C(N)=O)cccc1C(F)(F)F. The van der Waals surface area contributed by atoms with Gasteiger partial charge in [-0.1, -0.05) is 17.7 Å². The van der Waals surface area contributed by atoms with Crippen molar-refractivity contribution in [2.45, 2.75) is 6.18 Å². The molecule has 1 heterocycles. The largest absolute Gasteiger partial charge is 0.494 e. The monoisotopic (exact) mass is 331 g/mol. The number of alkyl halides is 3. The fraction of sp³-hybridized carbons (Fsp3) is 0.154. The number of primary amides is 1. The van der Waals surface area contributed by atoms with Crippen LogP contribution in [0.4, 0.5) is 13.2 Å². The van der Waals surface area contributed by atoms with Gasteiger partial charge in [0, 0.05) is 17.2 Å². The summed E-state index contributed by atoms with van der Waals surface area (Å²) in [5, 5.41) is 7.06. The first-order valence-corrected chi connectivity index (χ1v) is 6.21. The van der Waals surface area contributed by atoms with Crippen molar-refractivity contribution >= 4 is 17.5 Å². The molecule has 0 saturated carbocycles. The van der Waals surface area contributed by atoms with E-state index in [1.54, 1.807) is 0 Å². The summed E-state index contributed by atoms with van der Waals surface area (Å²) in [7, 11) is 1.23. The van der Waals surface area contributed by atoms with Gasteiger partial charge in [-0.15, -0.1) is 10.2 Å². The van der Waals surface area contributed by atoms with E-state index >= 15 is 0 Å². The van der Waals surface area contributed by atoms with E-state index in [0.29, 0.717) is 0 Å². The molecule has 2 N–H and O–H groups in total. The van der Waals surface area contributed by atoms with Crippen molar-refractivity contribution in [3.8, 4) is 17.0 Å². The van der Waals surface area contributed by atoms with Crippen molar-refractivity contribution < 1.29 is 22.7 Å². The molecule has 2 aromatic rings. The number of rotatable bonds is 3. The van der Waals surface area contributed by atoms with Crippen LogP contribution in [0.5, 0.6) is 5.75 Å². The summed E-state index contributed by atoms with van der Waals surface area (Å²) in [6.07, 6.45) is -4.72. The molecule has 2 rings (SSSR count). The Labute approximate surface area is 127 Å². The van der Waals surface area contributed by atoms with E-state index in [2.05, 4.69) is 10.2 Å². The third-order valence-electron chi connectivity index (χ3n) is 2.82. The van der Waals surface area contributed by atoms with E-state index in [-0.39, 0.29) is 22.2 Å². The number of hydrogen-bond donors (Lipinski definition) is 1. The molecule has 0 fully saturated rings. The molecule has 0 spiro atoms. The predicted molar refractivity (Wildman–Crippen MR) is 72.5 cm³/mol. The van der Waals surface area contributed by atoms with Crippen LogP contribution in [0.15, 0.2) is 24.3 Å². The van der Waals surface area contributed by atoms with Crippen LogP contribution in [0.2, 0.25) is 5.15 Å². The highest BCUT2D eigenvalue weighted by molar-refractivity contribution is 6.29. The maximum absolute atomic E-state index is 13.2. The van der Waals surface area contributed by atoms with Gasteiger partial charge in [-0.25, -0.2) is 0 Å². The van der Waals surface area contributed by atoms with Crippen molar-refractivity contribution in [3.63, 3.8) is 0 Å². The summed E-state index contributed by atoms with van der Waals surface area (Å²) in [6, 6.07) is 4.27. The second kappa shape index (κ2) is 5.80. The first kappa shape index (κ1) is 16.0. The second-order valence-electron chi connectivity index (χ2n) is 4.17. The molecule has 1 amide bonds. The predicted octanol–water partition coefficient (Wildman–Crippen LogP) is 2.92. The quantitative estimate of drug-likeness (QED) is 0.938. The second-order valence-corrected chi connectivity index (χ2v) is 4.56. The van der Waals surface area contributed by atoms with Crippen molar-refractivity contribution in [1.82, 2.24) is 10.2 Å². The number of benzene rings is 1. The minimum atomic E-state index is -4.72. The first-order chi connectivity index (χ1) is 10.3. The zero-order valence-corrected chi connectivity index (χ0v) is 11.9. The maximum atomic E-state index is 13.2. The molecule has 1 aromatic carbocycles. The van der Waals surface area contributed by atoms with Gasteiger partial charge in [-0.3, -0.25) is 4.79 Å². The average molecular weight is 332 g/mol. The normalized spacial score (nSPS) is 11.3. The summed E-state index contributed by atoms with van der Waals surface area (Å²) in [6.45, 7) is 0. The van der Waals surface area contributed by atoms with Crippen LogP contribution in [0.3, 0.4) is 0 Å². The molecular weight excluding hydrogens is 323 g/mol. The van der Waals surface area contributed by atoms with Gasteiger partial charge in [0.25, 0.3) is 0 Å². The van der Waals surface area contributed by atoms with Crippen LogP contribution < -0.4 is 10.5 Å². The Balaban J connectivity index is 2.86. The fourth-order valence-corrected chi connectivity index (χ4v) is 2.07. The Morgan fingerprint density at radius 1 is 1.32 bits per heavy atom. The van der Waals surface area contributed by atoms with Gasteiger partial charge < -0.3 is 10.5 Å². The molecule has 9 heteroatoms. The van der Waals surface area contributed by atoms with Crippen LogP contribution in [0.25, 0.3) is 11.3 Å². The smallest absolute Gasteiger partial charge is 0.417 e. The van der Waals surface area contributed by atoms with Crippen molar-refractivity contribution in [2.75, 3.05) is 7.11 Å². The van der Waals surface area contributed by atoms with E-state index in [9.17, 15) is 18.0 Å². The van der Waals surface area contributed by atoms with Crippen molar-refractivity contribution in [1.29, 1.82) is 0 Å². The molecule has 5 nitrogen and oxygen atoms in total. The molecule has 0 aliphatic heterocycles. The number of amides is 1. The Kier molecular flexibility index (Phi) is 4.23. The highest BCUT2D eigenvalue weighted by Crippen LogP contribution is 2.41. The highest BCUT2D eigenvalue weighted by atomic mass is 35.5. The minimum absolute atomic E-state index is 0.0563. The van der Waals surface area contributed by atoms with E-state index in [0.717, 1.165) is 12.1 Å². The van der Waals surface area contributed by atoms with Crippen molar-refractivity contribution in [3.05, 3.63) is 40.5 Å². The summed E-state index contributed by atoms with van der Waals surface area (Å²) >= 11 is 5.65. The molecule has 0 aliphatic rings. The summed E-state index contributed by atoms with van der Waals surface area (Å²) in [5.74, 6) is -1.08. The number of hydrogen-bond acceptors (Lipinski definition) is 4.